The summed E-state index contributed by atoms with van der Waals surface area (Å²) in [5, 5.41) is 0. The predicted octanol–water partition coefficient (Wildman–Crippen LogP) is 2.19. The molecule has 12 heavy (non-hydrogen) atoms. The summed E-state index contributed by atoms with van der Waals surface area (Å²) in [5.41, 5.74) is 0. The Kier molecular flexibility index (Phi) is 2.13. The van der Waals surface area contributed by atoms with E-state index in [1.54, 1.807) is 0 Å². The minimum Gasteiger partial charge on any atom is -0.348 e. The van der Waals surface area contributed by atoms with Crippen LogP contribution in [0.2, 0.25) is 0 Å². The predicted molar refractivity (Wildman–Crippen MR) is 46.8 cm³/mol. The van der Waals surface area contributed by atoms with Gasteiger partial charge in [-0.2, -0.15) is 0 Å². The van der Waals surface area contributed by atoms with Gasteiger partial charge in [0.15, 0.2) is 5.79 Å². The lowest BCUT2D eigenvalue weighted by atomic mass is 9.94. The molecule has 1 saturated carbocycles. The van der Waals surface area contributed by atoms with Gasteiger partial charge in [0.25, 0.3) is 0 Å². The molecule has 0 N–H and O–H groups in total. The fourth-order valence-electron chi connectivity index (χ4n) is 2.34. The highest BCUT2D eigenvalue weighted by atomic mass is 16.7. The van der Waals surface area contributed by atoms with Crippen LogP contribution in [0.15, 0.2) is 0 Å². The van der Waals surface area contributed by atoms with Crippen LogP contribution in [-0.2, 0) is 9.47 Å². The lowest BCUT2D eigenvalue weighted by molar-refractivity contribution is -0.153. The highest BCUT2D eigenvalue weighted by Crippen LogP contribution is 2.43. The second-order valence-electron chi connectivity index (χ2n) is 4.35. The van der Waals surface area contributed by atoms with Crippen LogP contribution in [-0.4, -0.2) is 19.0 Å². The van der Waals surface area contributed by atoms with E-state index in [2.05, 4.69) is 13.8 Å². The average molecular weight is 170 g/mol. The van der Waals surface area contributed by atoms with E-state index in [1.165, 1.54) is 6.42 Å². The third-order valence-electron chi connectivity index (χ3n) is 3.23. The first-order valence-electron chi connectivity index (χ1n) is 5.00. The van der Waals surface area contributed by atoms with E-state index >= 15 is 0 Å². The van der Waals surface area contributed by atoms with Crippen LogP contribution in [0.4, 0.5) is 0 Å². The van der Waals surface area contributed by atoms with Gasteiger partial charge in [0, 0.05) is 12.8 Å². The van der Waals surface area contributed by atoms with E-state index in [-0.39, 0.29) is 5.79 Å². The Morgan fingerprint density at radius 2 is 1.92 bits per heavy atom. The molecule has 2 heteroatoms. The molecule has 1 spiro atoms. The van der Waals surface area contributed by atoms with E-state index in [0.29, 0.717) is 0 Å². The highest BCUT2D eigenvalue weighted by Gasteiger charge is 2.44. The second-order valence-corrected chi connectivity index (χ2v) is 4.35. The Balaban J connectivity index is 1.96. The summed E-state index contributed by atoms with van der Waals surface area (Å²) in [5.74, 6) is 1.43. The first-order valence-corrected chi connectivity index (χ1v) is 5.00. The summed E-state index contributed by atoms with van der Waals surface area (Å²) in [4.78, 5) is 0. The summed E-state index contributed by atoms with van der Waals surface area (Å²) in [7, 11) is 0. The Bertz CT molecular complexity index is 159. The maximum atomic E-state index is 5.66. The Labute approximate surface area is 74.2 Å². The molecule has 0 unspecified atom stereocenters. The zero-order chi connectivity index (χ0) is 8.60. The largest absolute Gasteiger partial charge is 0.348 e. The molecule has 2 nitrogen and oxygen atoms in total. The van der Waals surface area contributed by atoms with E-state index in [4.69, 9.17) is 9.47 Å². The van der Waals surface area contributed by atoms with Crippen LogP contribution in [0.1, 0.15) is 33.1 Å². The van der Waals surface area contributed by atoms with Gasteiger partial charge >= 0.3 is 0 Å². The maximum absolute atomic E-state index is 5.66. The molecule has 2 rings (SSSR count). The van der Waals surface area contributed by atoms with Gasteiger partial charge in [-0.3, -0.25) is 0 Å². The SMILES string of the molecule is CC(C)[C@H]1CCC2(C1)OCCO2. The van der Waals surface area contributed by atoms with Crippen molar-refractivity contribution in [3.63, 3.8) is 0 Å². The number of ether oxygens (including phenoxy) is 2. The molecule has 0 radical (unpaired) electrons. The normalized spacial score (nSPS) is 33.8. The third-order valence-corrected chi connectivity index (χ3v) is 3.23. The van der Waals surface area contributed by atoms with Gasteiger partial charge in [0.05, 0.1) is 13.2 Å². The summed E-state index contributed by atoms with van der Waals surface area (Å²) in [6.07, 6.45) is 3.50. The molecule has 2 aliphatic rings. The van der Waals surface area contributed by atoms with Crippen LogP contribution in [0.25, 0.3) is 0 Å². The zero-order valence-electron chi connectivity index (χ0n) is 8.01. The molecule has 0 aromatic heterocycles. The molecule has 1 aliphatic carbocycles. The molecular weight excluding hydrogens is 152 g/mol. The molecule has 70 valence electrons. The topological polar surface area (TPSA) is 18.5 Å². The summed E-state index contributed by atoms with van der Waals surface area (Å²) >= 11 is 0. The van der Waals surface area contributed by atoms with Gasteiger partial charge in [0.1, 0.15) is 0 Å². The minimum atomic E-state index is -0.158. The van der Waals surface area contributed by atoms with Gasteiger partial charge in [-0.1, -0.05) is 13.8 Å². The average Bonchev–Trinajstić information content (AvgIpc) is 2.62. The fourth-order valence-corrected chi connectivity index (χ4v) is 2.34. The third kappa shape index (κ3) is 1.38. The molecular formula is C10H18O2. The molecule has 0 aromatic rings. The molecule has 1 heterocycles. The van der Waals surface area contributed by atoms with Crippen LogP contribution in [0, 0.1) is 11.8 Å². The van der Waals surface area contributed by atoms with Crippen molar-refractivity contribution in [3.05, 3.63) is 0 Å². The van der Waals surface area contributed by atoms with E-state index < -0.39 is 0 Å². The Morgan fingerprint density at radius 1 is 1.25 bits per heavy atom. The molecule has 0 aromatic carbocycles. The van der Waals surface area contributed by atoms with Gasteiger partial charge in [-0.05, 0) is 18.3 Å². The number of rotatable bonds is 1. The van der Waals surface area contributed by atoms with E-state index in [1.807, 2.05) is 0 Å². The Hall–Kier alpha value is -0.0800. The molecule has 1 saturated heterocycles. The van der Waals surface area contributed by atoms with Gasteiger partial charge in [-0.15, -0.1) is 0 Å². The first kappa shape index (κ1) is 8.52. The fraction of sp³-hybridized carbons (Fsp3) is 1.00. The molecule has 2 fully saturated rings. The lowest BCUT2D eigenvalue weighted by Crippen LogP contribution is -2.26. The van der Waals surface area contributed by atoms with Gasteiger partial charge < -0.3 is 9.47 Å². The van der Waals surface area contributed by atoms with E-state index in [0.717, 1.165) is 37.9 Å². The lowest BCUT2D eigenvalue weighted by Gasteiger charge is -2.22. The van der Waals surface area contributed by atoms with Gasteiger partial charge in [0.2, 0.25) is 0 Å². The second kappa shape index (κ2) is 3.00. The molecule has 1 aliphatic heterocycles. The van der Waals surface area contributed by atoms with Crippen LogP contribution in [0.3, 0.4) is 0 Å². The summed E-state index contributed by atoms with van der Waals surface area (Å²) in [6, 6.07) is 0. The summed E-state index contributed by atoms with van der Waals surface area (Å²) < 4.78 is 11.3. The van der Waals surface area contributed by atoms with Crippen molar-refractivity contribution in [1.29, 1.82) is 0 Å². The monoisotopic (exact) mass is 170 g/mol. The Morgan fingerprint density at radius 3 is 2.42 bits per heavy atom. The van der Waals surface area contributed by atoms with Crippen LogP contribution in [0.5, 0.6) is 0 Å². The standard InChI is InChI=1S/C10H18O2/c1-8(2)9-3-4-10(7-9)11-5-6-12-10/h8-9H,3-7H2,1-2H3/t9-/m0/s1. The van der Waals surface area contributed by atoms with E-state index in [9.17, 15) is 0 Å². The number of hydrogen-bond acceptors (Lipinski definition) is 2. The van der Waals surface area contributed by atoms with Gasteiger partial charge in [-0.25, -0.2) is 0 Å². The van der Waals surface area contributed by atoms with Crippen molar-refractivity contribution in [3.8, 4) is 0 Å². The van der Waals surface area contributed by atoms with Crippen molar-refractivity contribution in [2.75, 3.05) is 13.2 Å². The molecule has 1 atom stereocenters. The van der Waals surface area contributed by atoms with Crippen molar-refractivity contribution in [1.82, 2.24) is 0 Å². The highest BCUT2D eigenvalue weighted by molar-refractivity contribution is 4.87. The van der Waals surface area contributed by atoms with Crippen molar-refractivity contribution >= 4 is 0 Å². The number of hydrogen-bond donors (Lipinski definition) is 0. The minimum absolute atomic E-state index is 0.158. The smallest absolute Gasteiger partial charge is 0.168 e. The maximum Gasteiger partial charge on any atom is 0.168 e. The summed E-state index contributed by atoms with van der Waals surface area (Å²) in [6.45, 7) is 6.17. The van der Waals surface area contributed by atoms with Crippen LogP contribution >= 0.6 is 0 Å². The molecule has 0 amide bonds. The molecule has 0 bridgehead atoms. The quantitative estimate of drug-likeness (QED) is 0.600. The zero-order valence-corrected chi connectivity index (χ0v) is 8.01. The van der Waals surface area contributed by atoms with Crippen molar-refractivity contribution in [2.24, 2.45) is 11.8 Å². The van der Waals surface area contributed by atoms with Crippen molar-refractivity contribution in [2.45, 2.75) is 38.9 Å². The van der Waals surface area contributed by atoms with Crippen LogP contribution < -0.4 is 0 Å². The van der Waals surface area contributed by atoms with Crippen molar-refractivity contribution < 1.29 is 9.47 Å². The first-order chi connectivity index (χ1) is 5.72.